The molecule has 7 aromatic rings. The second kappa shape index (κ2) is 21.5. The number of ether oxygens (including phenoxy) is 1. The molecule has 0 saturated carbocycles. The van der Waals surface area contributed by atoms with Crippen LogP contribution in [0.15, 0.2) is 180 Å². The lowest BCUT2D eigenvalue weighted by Gasteiger charge is -2.49. The maximum atomic E-state index is 14.7. The number of hydrogen-bond donors (Lipinski definition) is 4. The molecule has 1 fully saturated rings. The molecule has 18 heteroatoms. The van der Waals surface area contributed by atoms with Crippen molar-refractivity contribution >= 4 is 86.5 Å². The van der Waals surface area contributed by atoms with Crippen LogP contribution in [-0.2, 0) is 40.8 Å². The molecule has 2 aliphatic rings. The minimum absolute atomic E-state index is 0.00498. The number of β-lactam (4-membered cyclic amide) rings is 1. The zero-order valence-corrected chi connectivity index (χ0v) is 40.9. The van der Waals surface area contributed by atoms with Crippen molar-refractivity contribution in [3.63, 3.8) is 0 Å². The van der Waals surface area contributed by atoms with Gasteiger partial charge in [0.1, 0.15) is 40.5 Å². The predicted octanol–water partition coefficient (Wildman–Crippen LogP) is 8.34. The monoisotopic (exact) mass is 1000 g/mol. The van der Waals surface area contributed by atoms with Crippen LogP contribution in [0.1, 0.15) is 56.6 Å². The predicted molar refractivity (Wildman–Crippen MR) is 276 cm³/mol. The molecule has 2 aromatic heterocycles. The van der Waals surface area contributed by atoms with Crippen molar-refractivity contribution in [1.29, 1.82) is 0 Å². The molecule has 9 rings (SSSR count). The topological polar surface area (TPSA) is 177 Å². The Kier molecular flexibility index (Phi) is 14.6. The van der Waals surface area contributed by atoms with E-state index in [0.29, 0.717) is 25.6 Å². The molecule has 0 bridgehead atoms. The van der Waals surface area contributed by atoms with E-state index >= 15 is 0 Å². The lowest BCUT2D eigenvalue weighted by atomic mass is 9.77. The van der Waals surface area contributed by atoms with Crippen LogP contribution in [0, 0.1) is 0 Å². The summed E-state index contributed by atoms with van der Waals surface area (Å²) in [7, 11) is 1.33. The number of amides is 3. The van der Waals surface area contributed by atoms with Crippen LogP contribution in [0.3, 0.4) is 0 Å². The number of rotatable bonds is 17. The number of allylic oxidation sites excluding steroid dienone is 1. The Balaban J connectivity index is 1.00. The van der Waals surface area contributed by atoms with Gasteiger partial charge in [-0.1, -0.05) is 168 Å². The van der Waals surface area contributed by atoms with Crippen molar-refractivity contribution in [3.05, 3.63) is 218 Å². The molecule has 3 N–H and O–H groups in total. The first-order valence-electron chi connectivity index (χ1n) is 21.9. The normalized spacial score (nSPS) is 16.0. The van der Waals surface area contributed by atoms with Gasteiger partial charge in [-0.2, -0.15) is 0 Å². The van der Waals surface area contributed by atoms with Gasteiger partial charge in [0.05, 0.1) is 6.54 Å². The number of benzene rings is 5. The quantitative estimate of drug-likeness (QED) is 0.0172. The summed E-state index contributed by atoms with van der Waals surface area (Å²) in [4.78, 5) is 66.9. The summed E-state index contributed by atoms with van der Waals surface area (Å²) >= 11 is 8.63. The first-order valence-corrected chi connectivity index (χ1v) is 25.1. The second-order valence-electron chi connectivity index (χ2n) is 15.9. The van der Waals surface area contributed by atoms with Crippen molar-refractivity contribution in [2.75, 3.05) is 18.2 Å². The van der Waals surface area contributed by atoms with Gasteiger partial charge < -0.3 is 25.5 Å². The smallest absolute Gasteiger partial charge is 0.356 e. The van der Waals surface area contributed by atoms with Gasteiger partial charge in [-0.15, -0.1) is 45.9 Å². The number of nitrogens with one attached hydrogen (secondary N) is 3. The molecule has 0 radical (unpaired) electrons. The number of fused-ring (bicyclic) bond motifs is 1. The number of carbonyl (C=O) groups is 4. The number of aromatic nitrogens is 3. The molecule has 2 aliphatic heterocycles. The highest BCUT2D eigenvalue weighted by Gasteiger charge is 2.55. The maximum Gasteiger partial charge on any atom is 0.356 e. The van der Waals surface area contributed by atoms with E-state index in [1.165, 1.54) is 53.4 Å². The molecule has 5 aromatic carbocycles. The average molecular weight is 1010 g/mol. The zero-order valence-electron chi connectivity index (χ0n) is 37.6. The third-order valence-corrected chi connectivity index (χ3v) is 15.0. The van der Waals surface area contributed by atoms with Crippen molar-refractivity contribution in [2.24, 2.45) is 5.16 Å². The van der Waals surface area contributed by atoms with Gasteiger partial charge in [-0.05, 0) is 39.5 Å². The molecule has 70 heavy (non-hydrogen) atoms. The molecular weight excluding hydrogens is 961 g/mol. The molecule has 352 valence electrons. The SMILES string of the molecule is CON=C(C(=O)NC1C(=O)N2C(C(=O)OC(c3ccccc3)c3ccccc3)=C(C=C(S)c3nnc(CNC(C)=O)s3)CSC12)c1csc(NC(c2ccccc2)(c2ccccc2)c2ccccc2)n1. The minimum Gasteiger partial charge on any atom is -0.448 e. The second-order valence-corrected chi connectivity index (χ2v) is 19.4. The number of thiazole rings is 1. The molecule has 4 heterocycles. The fourth-order valence-corrected chi connectivity index (χ4v) is 11.3. The summed E-state index contributed by atoms with van der Waals surface area (Å²) < 4.78 is 6.35. The van der Waals surface area contributed by atoms with Gasteiger partial charge in [0.25, 0.3) is 11.8 Å². The van der Waals surface area contributed by atoms with E-state index < -0.39 is 40.8 Å². The number of carbonyl (C=O) groups excluding carboxylic acids is 4. The van der Waals surface area contributed by atoms with E-state index in [-0.39, 0.29) is 35.3 Å². The Morgan fingerprint density at radius 1 is 0.843 bits per heavy atom. The van der Waals surface area contributed by atoms with Crippen molar-refractivity contribution in [1.82, 2.24) is 30.7 Å². The van der Waals surface area contributed by atoms with E-state index in [0.717, 1.165) is 27.8 Å². The third kappa shape index (κ3) is 10.0. The van der Waals surface area contributed by atoms with Crippen molar-refractivity contribution < 1.29 is 28.8 Å². The number of thiol groups is 1. The van der Waals surface area contributed by atoms with E-state index in [4.69, 9.17) is 27.2 Å². The van der Waals surface area contributed by atoms with Crippen LogP contribution >= 0.6 is 47.1 Å². The van der Waals surface area contributed by atoms with Crippen LogP contribution in [0.4, 0.5) is 5.13 Å². The molecule has 2 atom stereocenters. The molecule has 3 amide bonds. The highest BCUT2D eigenvalue weighted by molar-refractivity contribution is 8.00. The van der Waals surface area contributed by atoms with Gasteiger partial charge in [0.15, 0.2) is 22.0 Å². The van der Waals surface area contributed by atoms with E-state index in [1.807, 2.05) is 115 Å². The van der Waals surface area contributed by atoms with Gasteiger partial charge in [0.2, 0.25) is 5.91 Å². The van der Waals surface area contributed by atoms with E-state index in [9.17, 15) is 19.2 Å². The highest BCUT2D eigenvalue weighted by atomic mass is 32.2. The zero-order chi connectivity index (χ0) is 48.6. The lowest BCUT2D eigenvalue weighted by Crippen LogP contribution is -2.71. The number of thioether (sulfide) groups is 1. The summed E-state index contributed by atoms with van der Waals surface area (Å²) in [5.74, 6) is -1.96. The Morgan fingerprint density at radius 3 is 1.94 bits per heavy atom. The van der Waals surface area contributed by atoms with E-state index in [2.05, 4.69) is 67.7 Å². The van der Waals surface area contributed by atoms with Gasteiger partial charge in [-0.25, -0.2) is 9.78 Å². The largest absolute Gasteiger partial charge is 0.448 e. The fraction of sp³-hybridized carbons (Fsp3) is 0.154. The average Bonchev–Trinajstić information content (AvgIpc) is 4.09. The summed E-state index contributed by atoms with van der Waals surface area (Å²) in [6.45, 7) is 1.60. The van der Waals surface area contributed by atoms with Crippen LogP contribution in [0.5, 0.6) is 0 Å². The first-order chi connectivity index (χ1) is 34.1. The minimum atomic E-state index is -1.06. The third-order valence-electron chi connectivity index (χ3n) is 11.5. The van der Waals surface area contributed by atoms with Crippen LogP contribution in [0.25, 0.3) is 4.91 Å². The van der Waals surface area contributed by atoms with Crippen molar-refractivity contribution in [2.45, 2.75) is 36.5 Å². The number of hydrogen-bond acceptors (Lipinski definition) is 15. The highest BCUT2D eigenvalue weighted by Crippen LogP contribution is 2.44. The van der Waals surface area contributed by atoms with Gasteiger partial charge >= 0.3 is 5.97 Å². The molecule has 0 spiro atoms. The van der Waals surface area contributed by atoms with Crippen LogP contribution in [-0.4, -0.2) is 73.8 Å². The summed E-state index contributed by atoms with van der Waals surface area (Å²) in [6.07, 6.45) is 0.857. The number of nitrogens with zero attached hydrogens (tertiary/aromatic N) is 5. The molecular formula is C52H44N8O6S4. The van der Waals surface area contributed by atoms with Crippen LogP contribution in [0.2, 0.25) is 0 Å². The Morgan fingerprint density at radius 2 is 1.40 bits per heavy atom. The molecule has 2 unspecified atom stereocenters. The van der Waals surface area contributed by atoms with Crippen LogP contribution < -0.4 is 16.0 Å². The lowest BCUT2D eigenvalue weighted by molar-refractivity contribution is -0.154. The molecule has 0 aliphatic carbocycles. The fourth-order valence-electron chi connectivity index (χ4n) is 8.23. The number of esters is 1. The summed E-state index contributed by atoms with van der Waals surface area (Å²) in [6, 6.07) is 47.8. The molecule has 1 saturated heterocycles. The van der Waals surface area contributed by atoms with E-state index in [1.54, 1.807) is 11.5 Å². The van der Waals surface area contributed by atoms with Gasteiger partial charge in [-0.3, -0.25) is 19.3 Å². The first kappa shape index (κ1) is 47.7. The standard InChI is InChI=1S/C52H44N8O6S4/c1-32(61)53-29-41-57-58-47(70-41)40(67)28-35-30-68-49-43(48(63)60(49)44(35)50(64)66-45(33-18-8-3-9-19-33)34-20-10-4-11-21-34)55-46(62)42(59-65-2)39-31-69-51(54-39)56-52(36-22-12-5-13-23-36,37-24-14-6-15-25-37)38-26-16-7-17-27-38/h3-28,31,43,45,49,67H,29-30H2,1-2H3,(H,53,61)(H,54,56)(H,55,62). The summed E-state index contributed by atoms with van der Waals surface area (Å²) in [5, 5.41) is 24.3. The summed E-state index contributed by atoms with van der Waals surface area (Å²) in [5.41, 5.74) is 4.01. The Hall–Kier alpha value is -7.38. The molecule has 14 nitrogen and oxygen atoms in total. The van der Waals surface area contributed by atoms with Gasteiger partial charge in [0, 0.05) is 23.0 Å². The van der Waals surface area contributed by atoms with Crippen molar-refractivity contribution in [3.8, 4) is 0 Å². The Labute approximate surface area is 421 Å². The maximum absolute atomic E-state index is 14.7. The number of oxime groups is 1. The Bertz CT molecular complexity index is 2960. The number of anilines is 1.